The summed E-state index contributed by atoms with van der Waals surface area (Å²) >= 11 is 0. The molecule has 1 aromatic rings. The molecule has 16 heavy (non-hydrogen) atoms. The van der Waals surface area contributed by atoms with Crippen LogP contribution < -0.4 is 4.90 Å². The molecule has 1 aromatic heterocycles. The SMILES string of the molecule is CN(C)CCC1CCN(c2ccc[nH]2)CC1. The standard InChI is InChI=1S/C13H23N3/c1-15(2)9-5-12-6-10-16(11-7-12)13-4-3-8-14-13/h3-4,8,12,14H,5-7,9-11H2,1-2H3. The molecule has 0 bridgehead atoms. The smallest absolute Gasteiger partial charge is 0.105 e. The number of rotatable bonds is 4. The van der Waals surface area contributed by atoms with E-state index in [2.05, 4.69) is 41.0 Å². The van der Waals surface area contributed by atoms with Crippen molar-refractivity contribution in [3.05, 3.63) is 18.3 Å². The van der Waals surface area contributed by atoms with E-state index in [9.17, 15) is 0 Å². The Morgan fingerprint density at radius 3 is 2.69 bits per heavy atom. The molecule has 1 aliphatic heterocycles. The maximum Gasteiger partial charge on any atom is 0.105 e. The Bertz CT molecular complexity index is 284. The fourth-order valence-electron chi connectivity index (χ4n) is 2.42. The first-order chi connectivity index (χ1) is 7.75. The number of piperidine rings is 1. The predicted octanol–water partition coefficient (Wildman–Crippen LogP) is 2.18. The number of nitrogens with zero attached hydrogens (tertiary/aromatic N) is 2. The quantitative estimate of drug-likeness (QED) is 0.842. The van der Waals surface area contributed by atoms with Crippen LogP contribution in [0.2, 0.25) is 0 Å². The molecule has 0 spiro atoms. The Morgan fingerprint density at radius 1 is 1.38 bits per heavy atom. The van der Waals surface area contributed by atoms with Crippen molar-refractivity contribution in [2.75, 3.05) is 38.6 Å². The van der Waals surface area contributed by atoms with E-state index in [0.29, 0.717) is 0 Å². The van der Waals surface area contributed by atoms with Crippen LogP contribution in [0.1, 0.15) is 19.3 Å². The number of H-pyrrole nitrogens is 1. The van der Waals surface area contributed by atoms with Gasteiger partial charge in [0.2, 0.25) is 0 Å². The van der Waals surface area contributed by atoms with Gasteiger partial charge in [-0.1, -0.05) is 0 Å². The lowest BCUT2D eigenvalue weighted by molar-refractivity contribution is 0.313. The zero-order valence-electron chi connectivity index (χ0n) is 10.4. The van der Waals surface area contributed by atoms with E-state index in [1.54, 1.807) is 0 Å². The van der Waals surface area contributed by atoms with Gasteiger partial charge in [-0.15, -0.1) is 0 Å². The van der Waals surface area contributed by atoms with Crippen LogP contribution in [0.25, 0.3) is 0 Å². The third kappa shape index (κ3) is 3.01. The molecule has 1 fully saturated rings. The lowest BCUT2D eigenvalue weighted by Crippen LogP contribution is -2.34. The summed E-state index contributed by atoms with van der Waals surface area (Å²) < 4.78 is 0. The molecule has 1 aliphatic rings. The Labute approximate surface area is 98.4 Å². The van der Waals surface area contributed by atoms with Gasteiger partial charge in [0, 0.05) is 19.3 Å². The van der Waals surface area contributed by atoms with Crippen LogP contribution in [0.4, 0.5) is 5.82 Å². The van der Waals surface area contributed by atoms with Crippen LogP contribution in [0.3, 0.4) is 0 Å². The zero-order chi connectivity index (χ0) is 11.4. The minimum atomic E-state index is 0.925. The monoisotopic (exact) mass is 221 g/mol. The normalized spacial score (nSPS) is 18.3. The van der Waals surface area contributed by atoms with Crippen molar-refractivity contribution >= 4 is 5.82 Å². The van der Waals surface area contributed by atoms with Gasteiger partial charge in [-0.2, -0.15) is 0 Å². The topological polar surface area (TPSA) is 22.3 Å². The molecule has 2 rings (SSSR count). The molecule has 0 unspecified atom stereocenters. The summed E-state index contributed by atoms with van der Waals surface area (Å²) in [5.41, 5.74) is 0. The highest BCUT2D eigenvalue weighted by molar-refractivity contribution is 5.38. The van der Waals surface area contributed by atoms with Crippen LogP contribution in [0.5, 0.6) is 0 Å². The Balaban J connectivity index is 1.74. The van der Waals surface area contributed by atoms with E-state index >= 15 is 0 Å². The van der Waals surface area contributed by atoms with Gasteiger partial charge < -0.3 is 14.8 Å². The van der Waals surface area contributed by atoms with Gasteiger partial charge in [0.15, 0.2) is 0 Å². The molecule has 1 saturated heterocycles. The van der Waals surface area contributed by atoms with Crippen molar-refractivity contribution in [3.8, 4) is 0 Å². The van der Waals surface area contributed by atoms with Crippen molar-refractivity contribution in [1.82, 2.24) is 9.88 Å². The van der Waals surface area contributed by atoms with E-state index in [-0.39, 0.29) is 0 Å². The molecule has 0 aliphatic carbocycles. The van der Waals surface area contributed by atoms with Crippen molar-refractivity contribution < 1.29 is 0 Å². The predicted molar refractivity (Wildman–Crippen MR) is 68.9 cm³/mol. The van der Waals surface area contributed by atoms with Crippen LogP contribution >= 0.6 is 0 Å². The molecular weight excluding hydrogens is 198 g/mol. The van der Waals surface area contributed by atoms with E-state index in [0.717, 1.165) is 5.92 Å². The summed E-state index contributed by atoms with van der Waals surface area (Å²) in [4.78, 5) is 8.04. The Kier molecular flexibility index (Phi) is 3.88. The van der Waals surface area contributed by atoms with E-state index in [1.807, 2.05) is 6.20 Å². The van der Waals surface area contributed by atoms with Crippen molar-refractivity contribution in [2.45, 2.75) is 19.3 Å². The minimum Gasteiger partial charge on any atom is -0.358 e. The Hall–Kier alpha value is -0.960. The largest absolute Gasteiger partial charge is 0.358 e. The highest BCUT2D eigenvalue weighted by atomic mass is 15.2. The number of anilines is 1. The van der Waals surface area contributed by atoms with Gasteiger partial charge in [-0.05, 0) is 58.0 Å². The molecule has 0 atom stereocenters. The zero-order valence-corrected chi connectivity index (χ0v) is 10.4. The van der Waals surface area contributed by atoms with Gasteiger partial charge in [0.05, 0.1) is 0 Å². The van der Waals surface area contributed by atoms with Gasteiger partial charge in [-0.3, -0.25) is 0 Å². The van der Waals surface area contributed by atoms with Crippen LogP contribution in [-0.2, 0) is 0 Å². The second-order valence-corrected chi connectivity index (χ2v) is 5.08. The minimum absolute atomic E-state index is 0.925. The van der Waals surface area contributed by atoms with Crippen molar-refractivity contribution in [2.24, 2.45) is 5.92 Å². The van der Waals surface area contributed by atoms with Crippen molar-refractivity contribution in [3.63, 3.8) is 0 Å². The highest BCUT2D eigenvalue weighted by Crippen LogP contribution is 2.23. The molecule has 3 nitrogen and oxygen atoms in total. The molecule has 0 radical (unpaired) electrons. The summed E-state index contributed by atoms with van der Waals surface area (Å²) in [6, 6.07) is 4.24. The molecule has 0 aromatic carbocycles. The first-order valence-electron chi connectivity index (χ1n) is 6.29. The fraction of sp³-hybridized carbons (Fsp3) is 0.692. The Morgan fingerprint density at radius 2 is 2.12 bits per heavy atom. The highest BCUT2D eigenvalue weighted by Gasteiger charge is 2.19. The van der Waals surface area contributed by atoms with E-state index < -0.39 is 0 Å². The third-order valence-electron chi connectivity index (χ3n) is 3.52. The van der Waals surface area contributed by atoms with Crippen LogP contribution in [0.15, 0.2) is 18.3 Å². The van der Waals surface area contributed by atoms with Crippen LogP contribution in [0, 0.1) is 5.92 Å². The fourth-order valence-corrected chi connectivity index (χ4v) is 2.42. The summed E-state index contributed by atoms with van der Waals surface area (Å²) in [6.07, 6.45) is 6.04. The van der Waals surface area contributed by atoms with Gasteiger partial charge in [0.1, 0.15) is 5.82 Å². The third-order valence-corrected chi connectivity index (χ3v) is 3.52. The molecule has 0 saturated carbocycles. The number of hydrogen-bond acceptors (Lipinski definition) is 2. The second kappa shape index (κ2) is 5.39. The second-order valence-electron chi connectivity index (χ2n) is 5.08. The first-order valence-corrected chi connectivity index (χ1v) is 6.29. The van der Waals surface area contributed by atoms with Crippen molar-refractivity contribution in [1.29, 1.82) is 0 Å². The summed E-state index contributed by atoms with van der Waals surface area (Å²) in [7, 11) is 4.32. The van der Waals surface area contributed by atoms with E-state index in [1.165, 1.54) is 44.7 Å². The molecule has 0 amide bonds. The number of hydrogen-bond donors (Lipinski definition) is 1. The summed E-state index contributed by atoms with van der Waals surface area (Å²) in [5, 5.41) is 0. The maximum absolute atomic E-state index is 3.29. The number of nitrogens with one attached hydrogen (secondary N) is 1. The molecular formula is C13H23N3. The van der Waals surface area contributed by atoms with Gasteiger partial charge >= 0.3 is 0 Å². The molecule has 3 heteroatoms. The number of aromatic amines is 1. The summed E-state index contributed by atoms with van der Waals surface area (Å²) in [6.45, 7) is 3.64. The summed E-state index contributed by atoms with van der Waals surface area (Å²) in [5.74, 6) is 2.21. The average Bonchev–Trinajstić information content (AvgIpc) is 2.80. The maximum atomic E-state index is 3.29. The van der Waals surface area contributed by atoms with Gasteiger partial charge in [0.25, 0.3) is 0 Å². The molecule has 1 N–H and O–H groups in total. The first kappa shape index (κ1) is 11.5. The van der Waals surface area contributed by atoms with Gasteiger partial charge in [-0.25, -0.2) is 0 Å². The number of aromatic nitrogens is 1. The molecule has 2 heterocycles. The lowest BCUT2D eigenvalue weighted by atomic mass is 9.93. The lowest BCUT2D eigenvalue weighted by Gasteiger charge is -2.33. The molecule has 90 valence electrons. The average molecular weight is 221 g/mol. The van der Waals surface area contributed by atoms with Crippen LogP contribution in [-0.4, -0.2) is 43.6 Å². The van der Waals surface area contributed by atoms with E-state index in [4.69, 9.17) is 0 Å².